The largest absolute Gasteiger partial charge is 0.347 e. The molecule has 4 aliphatic carbocycles. The van der Waals surface area contributed by atoms with E-state index in [4.69, 9.17) is 0 Å². The van der Waals surface area contributed by atoms with Crippen molar-refractivity contribution in [1.82, 2.24) is 10.2 Å². The summed E-state index contributed by atoms with van der Waals surface area (Å²) in [5.41, 5.74) is 1.44. The third-order valence-corrected chi connectivity index (χ3v) is 7.89. The van der Waals surface area contributed by atoms with Gasteiger partial charge in [-0.15, -0.1) is 0 Å². The summed E-state index contributed by atoms with van der Waals surface area (Å²) in [5.74, 6) is 2.72. The normalized spacial score (nSPS) is 35.9. The molecule has 1 atom stereocenters. The average molecular weight is 381 g/mol. The summed E-state index contributed by atoms with van der Waals surface area (Å²) >= 11 is 0. The maximum atomic E-state index is 12.8. The Hall–Kier alpha value is -1.84. The Labute approximate surface area is 168 Å². The van der Waals surface area contributed by atoms with Crippen molar-refractivity contribution < 1.29 is 9.59 Å². The SMILES string of the molecule is O=C(CC12CC3CC(CC(C3)C1)C2)NCC(=O)N1CCCC1c1ccccc1. The zero-order valence-electron chi connectivity index (χ0n) is 16.7. The van der Waals surface area contributed by atoms with Gasteiger partial charge in [0.15, 0.2) is 0 Å². The summed E-state index contributed by atoms with van der Waals surface area (Å²) in [7, 11) is 0. The number of amides is 2. The number of likely N-dealkylation sites (tertiary alicyclic amines) is 1. The Morgan fingerprint density at radius 3 is 2.29 bits per heavy atom. The van der Waals surface area contributed by atoms with E-state index in [-0.39, 0.29) is 29.8 Å². The molecule has 0 spiro atoms. The second-order valence-electron chi connectivity index (χ2n) is 10.0. The lowest BCUT2D eigenvalue weighted by Crippen LogP contribution is -2.48. The van der Waals surface area contributed by atoms with Crippen LogP contribution in [-0.2, 0) is 9.59 Å². The lowest BCUT2D eigenvalue weighted by Gasteiger charge is -2.56. The minimum absolute atomic E-state index is 0.0604. The van der Waals surface area contributed by atoms with E-state index in [0.29, 0.717) is 6.42 Å². The lowest BCUT2D eigenvalue weighted by atomic mass is 9.49. The predicted molar refractivity (Wildman–Crippen MR) is 108 cm³/mol. The molecule has 28 heavy (non-hydrogen) atoms. The Morgan fingerprint density at radius 2 is 1.64 bits per heavy atom. The van der Waals surface area contributed by atoms with Gasteiger partial charge in [0.25, 0.3) is 0 Å². The van der Waals surface area contributed by atoms with Gasteiger partial charge in [0.2, 0.25) is 11.8 Å². The fourth-order valence-electron chi connectivity index (χ4n) is 7.27. The van der Waals surface area contributed by atoms with Crippen LogP contribution in [0.1, 0.15) is 69.4 Å². The monoisotopic (exact) mass is 380 g/mol. The molecule has 4 nitrogen and oxygen atoms in total. The van der Waals surface area contributed by atoms with Crippen molar-refractivity contribution in [2.45, 2.75) is 63.8 Å². The smallest absolute Gasteiger partial charge is 0.242 e. The zero-order valence-corrected chi connectivity index (χ0v) is 16.7. The van der Waals surface area contributed by atoms with Gasteiger partial charge in [0.1, 0.15) is 0 Å². The lowest BCUT2D eigenvalue weighted by molar-refractivity contribution is -0.136. The first kappa shape index (κ1) is 18.2. The summed E-state index contributed by atoms with van der Waals surface area (Å²) in [4.78, 5) is 27.5. The van der Waals surface area contributed by atoms with Crippen molar-refractivity contribution in [3.05, 3.63) is 35.9 Å². The van der Waals surface area contributed by atoms with E-state index in [1.807, 2.05) is 23.1 Å². The number of nitrogens with zero attached hydrogens (tertiary/aromatic N) is 1. The van der Waals surface area contributed by atoms with Gasteiger partial charge in [-0.1, -0.05) is 30.3 Å². The Morgan fingerprint density at radius 1 is 1.00 bits per heavy atom. The Kier molecular flexibility index (Phi) is 4.68. The first-order valence-corrected chi connectivity index (χ1v) is 11.2. The van der Waals surface area contributed by atoms with Crippen molar-refractivity contribution in [3.63, 3.8) is 0 Å². The molecule has 1 N–H and O–H groups in total. The van der Waals surface area contributed by atoms with Crippen molar-refractivity contribution in [2.75, 3.05) is 13.1 Å². The van der Waals surface area contributed by atoms with E-state index in [2.05, 4.69) is 17.4 Å². The van der Waals surface area contributed by atoms with Gasteiger partial charge in [0.05, 0.1) is 12.6 Å². The van der Waals surface area contributed by atoms with Crippen LogP contribution in [0.2, 0.25) is 0 Å². The highest BCUT2D eigenvalue weighted by Crippen LogP contribution is 2.61. The quantitative estimate of drug-likeness (QED) is 0.837. The first-order chi connectivity index (χ1) is 13.6. The van der Waals surface area contributed by atoms with E-state index in [0.717, 1.165) is 37.1 Å². The standard InChI is InChI=1S/C24H32N2O2/c27-22(15-24-12-17-9-18(13-24)11-19(10-17)14-24)25-16-23(28)26-8-4-7-21(26)20-5-2-1-3-6-20/h1-3,5-6,17-19,21H,4,7-16H2,(H,25,27). The molecular weight excluding hydrogens is 348 g/mol. The molecule has 5 aliphatic rings. The number of benzene rings is 1. The number of carbonyl (C=O) groups is 2. The van der Waals surface area contributed by atoms with E-state index in [9.17, 15) is 9.59 Å². The Bertz CT molecular complexity index is 709. The highest BCUT2D eigenvalue weighted by atomic mass is 16.2. The number of carbonyl (C=O) groups excluding carboxylic acids is 2. The third-order valence-electron chi connectivity index (χ3n) is 7.89. The molecule has 1 heterocycles. The summed E-state index contributed by atoms with van der Waals surface area (Å²) in [6.45, 7) is 0.942. The predicted octanol–water partition coefficient (Wildman–Crippen LogP) is 4.07. The van der Waals surface area contributed by atoms with Gasteiger partial charge in [-0.3, -0.25) is 9.59 Å². The molecule has 4 bridgehead atoms. The molecule has 1 unspecified atom stereocenters. The van der Waals surface area contributed by atoms with Crippen molar-refractivity contribution in [3.8, 4) is 0 Å². The molecule has 1 aromatic rings. The fraction of sp³-hybridized carbons (Fsp3) is 0.667. The van der Waals surface area contributed by atoms with Crippen LogP contribution in [0.3, 0.4) is 0 Å². The van der Waals surface area contributed by atoms with Gasteiger partial charge in [-0.05, 0) is 80.1 Å². The summed E-state index contributed by atoms with van der Waals surface area (Å²) in [5, 5.41) is 2.98. The van der Waals surface area contributed by atoms with Crippen LogP contribution in [0.15, 0.2) is 30.3 Å². The average Bonchev–Trinajstić information content (AvgIpc) is 3.15. The van der Waals surface area contributed by atoms with Crippen molar-refractivity contribution in [1.29, 1.82) is 0 Å². The zero-order chi connectivity index (χ0) is 19.1. The van der Waals surface area contributed by atoms with Crippen molar-refractivity contribution in [2.24, 2.45) is 23.2 Å². The van der Waals surface area contributed by atoms with Crippen LogP contribution in [0.25, 0.3) is 0 Å². The molecule has 6 rings (SSSR count). The maximum absolute atomic E-state index is 12.8. The van der Waals surface area contributed by atoms with Gasteiger partial charge in [-0.25, -0.2) is 0 Å². The van der Waals surface area contributed by atoms with Crippen LogP contribution >= 0.6 is 0 Å². The molecule has 0 aromatic heterocycles. The topological polar surface area (TPSA) is 49.4 Å². The molecule has 5 fully saturated rings. The summed E-state index contributed by atoms with van der Waals surface area (Å²) in [6, 6.07) is 10.4. The number of hydrogen-bond donors (Lipinski definition) is 1. The van der Waals surface area contributed by atoms with Crippen LogP contribution < -0.4 is 5.32 Å². The third kappa shape index (κ3) is 3.46. The summed E-state index contributed by atoms with van der Waals surface area (Å²) < 4.78 is 0. The molecule has 1 aromatic carbocycles. The van der Waals surface area contributed by atoms with Crippen LogP contribution in [0.5, 0.6) is 0 Å². The molecule has 4 saturated carbocycles. The van der Waals surface area contributed by atoms with Gasteiger partial charge >= 0.3 is 0 Å². The van der Waals surface area contributed by atoms with Gasteiger partial charge in [-0.2, -0.15) is 0 Å². The van der Waals surface area contributed by atoms with Crippen LogP contribution in [0, 0.1) is 23.2 Å². The van der Waals surface area contributed by atoms with Crippen LogP contribution in [-0.4, -0.2) is 29.8 Å². The van der Waals surface area contributed by atoms with E-state index < -0.39 is 0 Å². The molecular formula is C24H32N2O2. The highest BCUT2D eigenvalue weighted by molar-refractivity contribution is 5.85. The van der Waals surface area contributed by atoms with E-state index in [1.165, 1.54) is 44.1 Å². The first-order valence-electron chi connectivity index (χ1n) is 11.2. The second-order valence-corrected chi connectivity index (χ2v) is 10.0. The minimum Gasteiger partial charge on any atom is -0.347 e. The molecule has 1 aliphatic heterocycles. The van der Waals surface area contributed by atoms with Gasteiger partial charge < -0.3 is 10.2 Å². The number of nitrogens with one attached hydrogen (secondary N) is 1. The molecule has 2 amide bonds. The second kappa shape index (κ2) is 7.20. The van der Waals surface area contributed by atoms with Crippen molar-refractivity contribution >= 4 is 11.8 Å². The van der Waals surface area contributed by atoms with Crippen LogP contribution in [0.4, 0.5) is 0 Å². The van der Waals surface area contributed by atoms with Gasteiger partial charge in [0, 0.05) is 13.0 Å². The molecule has 4 heteroatoms. The Balaban J connectivity index is 1.16. The highest BCUT2D eigenvalue weighted by Gasteiger charge is 2.51. The number of rotatable bonds is 5. The molecule has 150 valence electrons. The molecule has 1 saturated heterocycles. The van der Waals surface area contributed by atoms with E-state index in [1.54, 1.807) is 0 Å². The minimum atomic E-state index is 0.0604. The molecule has 0 radical (unpaired) electrons. The summed E-state index contributed by atoms with van der Waals surface area (Å²) in [6.07, 6.45) is 10.6. The van der Waals surface area contributed by atoms with E-state index >= 15 is 0 Å². The number of hydrogen-bond acceptors (Lipinski definition) is 2. The fourth-order valence-corrected chi connectivity index (χ4v) is 7.27. The maximum Gasteiger partial charge on any atom is 0.242 e.